The lowest BCUT2D eigenvalue weighted by Gasteiger charge is -2.51. The van der Waals surface area contributed by atoms with Crippen LogP contribution in [0.4, 0.5) is 0 Å². The van der Waals surface area contributed by atoms with Crippen molar-refractivity contribution in [1.29, 1.82) is 0 Å². The summed E-state index contributed by atoms with van der Waals surface area (Å²) < 4.78 is 35.3. The number of fused-ring (bicyclic) bond motifs is 1. The second-order valence-electron chi connectivity index (χ2n) is 11.3. The molecule has 2 aliphatic heterocycles. The van der Waals surface area contributed by atoms with Gasteiger partial charge in [-0.3, -0.25) is 14.3 Å². The van der Waals surface area contributed by atoms with E-state index in [4.69, 9.17) is 22.4 Å². The summed E-state index contributed by atoms with van der Waals surface area (Å²) in [7, 11) is -5.70. The second-order valence-corrected chi connectivity index (χ2v) is 20.1. The number of rotatable bonds is 8. The lowest BCUT2D eigenvalue weighted by molar-refractivity contribution is -0.0683. The van der Waals surface area contributed by atoms with Crippen LogP contribution in [0.5, 0.6) is 0 Å². The molecular weight excluding hydrogens is 520 g/mol. The topological polar surface area (TPSA) is 101 Å². The molecule has 0 spiro atoms. The third-order valence-electron chi connectivity index (χ3n) is 7.53. The quantitative estimate of drug-likeness (QED) is 0.285. The van der Waals surface area contributed by atoms with E-state index in [1.165, 1.54) is 10.8 Å². The van der Waals surface area contributed by atoms with Crippen molar-refractivity contribution in [3.05, 3.63) is 45.3 Å². The first-order valence-electron chi connectivity index (χ1n) is 13.5. The van der Waals surface area contributed by atoms with E-state index < -0.39 is 52.9 Å². The SMILES string of the molecule is C=CCOC1C2O[Si](C(C)C)(C(C)C)O[Si](C(C)C)(C(C)C)OCC2OC1n1cc(C#CC)c(=O)[nH]c1=O. The summed E-state index contributed by atoms with van der Waals surface area (Å²) in [6, 6.07) is 0. The Morgan fingerprint density at radius 2 is 1.71 bits per heavy atom. The molecule has 1 N–H and O–H groups in total. The number of nitrogens with one attached hydrogen (secondary N) is 1. The largest absolute Gasteiger partial charge is 0.414 e. The summed E-state index contributed by atoms with van der Waals surface area (Å²) in [5.41, 5.74) is -0.363. The van der Waals surface area contributed by atoms with Crippen molar-refractivity contribution < 1.29 is 22.4 Å². The van der Waals surface area contributed by atoms with Crippen LogP contribution in [-0.2, 0) is 22.4 Å². The minimum absolute atomic E-state index is 0.121. The van der Waals surface area contributed by atoms with Crippen LogP contribution in [0.2, 0.25) is 22.2 Å². The molecule has 0 bridgehead atoms. The predicted octanol–water partition coefficient (Wildman–Crippen LogP) is 4.33. The van der Waals surface area contributed by atoms with Gasteiger partial charge in [0.25, 0.3) is 5.56 Å². The van der Waals surface area contributed by atoms with Crippen LogP contribution in [-0.4, -0.2) is 58.2 Å². The molecule has 2 aliphatic rings. The van der Waals surface area contributed by atoms with Gasteiger partial charge in [0, 0.05) is 6.20 Å². The Kier molecular flexibility index (Phi) is 9.84. The summed E-state index contributed by atoms with van der Waals surface area (Å²) in [6.07, 6.45) is 0.477. The summed E-state index contributed by atoms with van der Waals surface area (Å²) in [5, 5.41) is 0. The van der Waals surface area contributed by atoms with Crippen LogP contribution in [0.3, 0.4) is 0 Å². The number of hydrogen-bond donors (Lipinski definition) is 1. The molecule has 4 atom stereocenters. The average Bonchev–Trinajstić information content (AvgIpc) is 3.14. The minimum Gasteiger partial charge on any atom is -0.414 e. The highest BCUT2D eigenvalue weighted by Gasteiger charge is 2.62. The fourth-order valence-corrected chi connectivity index (χ4v) is 16.8. The van der Waals surface area contributed by atoms with Gasteiger partial charge in [0.05, 0.1) is 13.2 Å². The highest BCUT2D eigenvalue weighted by Crippen LogP contribution is 2.48. The molecule has 0 radical (unpaired) electrons. The normalized spacial score (nSPS) is 26.7. The third kappa shape index (κ3) is 5.58. The van der Waals surface area contributed by atoms with Crippen LogP contribution < -0.4 is 11.2 Å². The molecule has 9 nitrogen and oxygen atoms in total. The van der Waals surface area contributed by atoms with Gasteiger partial charge in [-0.2, -0.15) is 0 Å². The van der Waals surface area contributed by atoms with Crippen LogP contribution in [0, 0.1) is 11.8 Å². The van der Waals surface area contributed by atoms with Gasteiger partial charge in [0.2, 0.25) is 0 Å². The molecule has 2 fully saturated rings. The van der Waals surface area contributed by atoms with E-state index in [2.05, 4.69) is 78.8 Å². The van der Waals surface area contributed by atoms with Crippen molar-refractivity contribution in [3.63, 3.8) is 0 Å². The summed E-state index contributed by atoms with van der Waals surface area (Å²) >= 11 is 0. The molecule has 0 saturated carbocycles. The van der Waals surface area contributed by atoms with Crippen molar-refractivity contribution in [2.24, 2.45) is 0 Å². The fourth-order valence-electron chi connectivity index (χ4n) is 5.60. The number of aromatic nitrogens is 2. The minimum atomic E-state index is -2.94. The fraction of sp³-hybridized carbons (Fsp3) is 0.704. The molecule has 0 amide bonds. The molecule has 0 aromatic carbocycles. The first-order valence-corrected chi connectivity index (χ1v) is 17.5. The number of ether oxygens (including phenoxy) is 2. The molecule has 38 heavy (non-hydrogen) atoms. The van der Waals surface area contributed by atoms with Gasteiger partial charge in [-0.1, -0.05) is 67.4 Å². The highest BCUT2D eigenvalue weighted by molar-refractivity contribution is 6.84. The number of H-pyrrole nitrogens is 1. The van der Waals surface area contributed by atoms with Gasteiger partial charge in [-0.25, -0.2) is 4.79 Å². The second kappa shape index (κ2) is 12.2. The van der Waals surface area contributed by atoms with Crippen molar-refractivity contribution >= 4 is 17.1 Å². The molecule has 212 valence electrons. The molecular formula is C27H44N2O7Si2. The molecule has 3 heterocycles. The summed E-state index contributed by atoms with van der Waals surface area (Å²) in [5.74, 6) is 5.47. The van der Waals surface area contributed by atoms with Crippen LogP contribution >= 0.6 is 0 Å². The Hall–Kier alpha value is -1.79. The van der Waals surface area contributed by atoms with Gasteiger partial charge in [-0.05, 0) is 29.1 Å². The van der Waals surface area contributed by atoms with E-state index in [0.29, 0.717) is 0 Å². The standard InChI is InChI=1S/C27H44N2O7Si2/c1-11-13-21-15-29(27(31)28-25(21)30)26-24(32-14-12-2)23-22(34-26)16-33-37(17(3)4,18(5)6)36-38(35-23,19(7)8)20(9)10/h12,15,17-20,22-24,26H,2,14,16H2,1,3-10H3,(H,28,30,31). The van der Waals surface area contributed by atoms with E-state index in [0.717, 1.165) is 0 Å². The number of aromatic amines is 1. The zero-order valence-corrected chi connectivity index (χ0v) is 26.2. The predicted molar refractivity (Wildman–Crippen MR) is 152 cm³/mol. The maximum Gasteiger partial charge on any atom is 0.335 e. The maximum atomic E-state index is 13.0. The van der Waals surface area contributed by atoms with E-state index >= 15 is 0 Å². The smallest absolute Gasteiger partial charge is 0.335 e. The monoisotopic (exact) mass is 564 g/mol. The van der Waals surface area contributed by atoms with Gasteiger partial charge >= 0.3 is 22.8 Å². The van der Waals surface area contributed by atoms with E-state index in [-0.39, 0.29) is 40.9 Å². The first-order chi connectivity index (χ1) is 17.8. The maximum absolute atomic E-state index is 13.0. The average molecular weight is 565 g/mol. The van der Waals surface area contributed by atoms with E-state index in [1.807, 2.05) is 0 Å². The zero-order valence-electron chi connectivity index (χ0n) is 24.2. The summed E-state index contributed by atoms with van der Waals surface area (Å²) in [6.45, 7) is 23.2. The number of hydrogen-bond acceptors (Lipinski definition) is 7. The van der Waals surface area contributed by atoms with Gasteiger partial charge in [0.15, 0.2) is 6.23 Å². The van der Waals surface area contributed by atoms with Gasteiger partial charge < -0.3 is 22.4 Å². The molecule has 1 aromatic heterocycles. The Morgan fingerprint density at radius 1 is 1.11 bits per heavy atom. The highest BCUT2D eigenvalue weighted by atomic mass is 28.5. The number of nitrogens with zero attached hydrogens (tertiary/aromatic N) is 1. The lowest BCUT2D eigenvalue weighted by Crippen LogP contribution is -2.66. The Bertz CT molecular complexity index is 1150. The van der Waals surface area contributed by atoms with Crippen molar-refractivity contribution in [2.45, 2.75) is 109 Å². The van der Waals surface area contributed by atoms with Crippen molar-refractivity contribution in [1.82, 2.24) is 9.55 Å². The van der Waals surface area contributed by atoms with E-state index in [1.54, 1.807) is 13.0 Å². The Labute approximate surface area is 228 Å². The zero-order chi connectivity index (χ0) is 28.4. The molecule has 11 heteroatoms. The molecule has 3 rings (SSSR count). The molecule has 4 unspecified atom stereocenters. The van der Waals surface area contributed by atoms with Gasteiger partial charge in [-0.15, -0.1) is 12.5 Å². The van der Waals surface area contributed by atoms with Crippen LogP contribution in [0.15, 0.2) is 28.4 Å². The third-order valence-corrected chi connectivity index (χ3v) is 17.8. The van der Waals surface area contributed by atoms with Crippen molar-refractivity contribution in [3.8, 4) is 11.8 Å². The lowest BCUT2D eigenvalue weighted by atomic mass is 10.1. The molecule has 0 aliphatic carbocycles. The van der Waals surface area contributed by atoms with Crippen LogP contribution in [0.1, 0.15) is 74.1 Å². The van der Waals surface area contributed by atoms with Crippen molar-refractivity contribution in [2.75, 3.05) is 13.2 Å². The summed E-state index contributed by atoms with van der Waals surface area (Å²) in [4.78, 5) is 27.7. The van der Waals surface area contributed by atoms with E-state index in [9.17, 15) is 9.59 Å². The van der Waals surface area contributed by atoms with Crippen LogP contribution in [0.25, 0.3) is 0 Å². The Morgan fingerprint density at radius 3 is 2.24 bits per heavy atom. The first kappa shape index (κ1) is 30.8. The Balaban J connectivity index is 2.19. The van der Waals surface area contributed by atoms with Gasteiger partial charge in [0.1, 0.15) is 23.9 Å². The molecule has 2 saturated heterocycles. The molecule has 1 aromatic rings.